The molecule has 0 N–H and O–H groups in total. The molecular formula is C9H16O3. The van der Waals surface area contributed by atoms with E-state index in [9.17, 15) is 4.79 Å². The Labute approximate surface area is 73.0 Å². The van der Waals surface area contributed by atoms with Gasteiger partial charge in [0.05, 0.1) is 0 Å². The van der Waals surface area contributed by atoms with E-state index in [-0.39, 0.29) is 12.1 Å². The molecule has 1 atom stereocenters. The van der Waals surface area contributed by atoms with Crippen LogP contribution in [0.1, 0.15) is 33.6 Å². The molecule has 0 saturated carbocycles. The molecule has 0 aromatic rings. The lowest BCUT2D eigenvalue weighted by molar-refractivity contribution is -0.165. The molecule has 0 radical (unpaired) electrons. The van der Waals surface area contributed by atoms with E-state index in [0.717, 1.165) is 12.8 Å². The summed E-state index contributed by atoms with van der Waals surface area (Å²) in [6, 6.07) is 0. The zero-order valence-corrected chi connectivity index (χ0v) is 7.92. The van der Waals surface area contributed by atoms with Gasteiger partial charge in [-0.2, -0.15) is 0 Å². The van der Waals surface area contributed by atoms with Gasteiger partial charge in [0, 0.05) is 6.61 Å². The molecular weight excluding hydrogens is 156 g/mol. The standard InChI is InChI=1S/C9H16O3/c1-9(2,3)12-8(10)7-5-4-6-11-7/h7H,4-6H2,1-3H3/t7-/m0/s1. The van der Waals surface area contributed by atoms with Crippen LogP contribution in [0.25, 0.3) is 0 Å². The number of ether oxygens (including phenoxy) is 2. The Hall–Kier alpha value is -0.570. The predicted octanol–water partition coefficient (Wildman–Crippen LogP) is 1.51. The van der Waals surface area contributed by atoms with Crippen LogP contribution < -0.4 is 0 Å². The molecule has 3 nitrogen and oxygen atoms in total. The van der Waals surface area contributed by atoms with Crippen LogP contribution in [0.5, 0.6) is 0 Å². The summed E-state index contributed by atoms with van der Waals surface area (Å²) >= 11 is 0. The van der Waals surface area contributed by atoms with Crippen LogP contribution in [-0.4, -0.2) is 24.3 Å². The van der Waals surface area contributed by atoms with E-state index in [1.807, 2.05) is 20.8 Å². The highest BCUT2D eigenvalue weighted by Crippen LogP contribution is 2.17. The third-order valence-electron chi connectivity index (χ3n) is 1.60. The molecule has 0 aliphatic carbocycles. The van der Waals surface area contributed by atoms with Crippen molar-refractivity contribution in [3.05, 3.63) is 0 Å². The second-order valence-corrected chi connectivity index (χ2v) is 4.04. The largest absolute Gasteiger partial charge is 0.458 e. The SMILES string of the molecule is CC(C)(C)OC(=O)[C@@H]1CCCO1. The summed E-state index contributed by atoms with van der Waals surface area (Å²) in [6.45, 7) is 6.27. The summed E-state index contributed by atoms with van der Waals surface area (Å²) in [6.07, 6.45) is 1.45. The molecule has 1 saturated heterocycles. The highest BCUT2D eigenvalue weighted by molar-refractivity contribution is 5.75. The van der Waals surface area contributed by atoms with Crippen molar-refractivity contribution in [2.75, 3.05) is 6.61 Å². The van der Waals surface area contributed by atoms with E-state index in [1.165, 1.54) is 0 Å². The maximum absolute atomic E-state index is 11.3. The van der Waals surface area contributed by atoms with Crippen molar-refractivity contribution in [1.82, 2.24) is 0 Å². The van der Waals surface area contributed by atoms with Crippen molar-refractivity contribution in [1.29, 1.82) is 0 Å². The molecule has 0 spiro atoms. The average molecular weight is 172 g/mol. The van der Waals surface area contributed by atoms with Gasteiger partial charge in [-0.05, 0) is 33.6 Å². The summed E-state index contributed by atoms with van der Waals surface area (Å²) in [5, 5.41) is 0. The fourth-order valence-electron chi connectivity index (χ4n) is 1.13. The van der Waals surface area contributed by atoms with Gasteiger partial charge in [-0.15, -0.1) is 0 Å². The number of carbonyl (C=O) groups excluding carboxylic acids is 1. The Balaban J connectivity index is 2.37. The highest BCUT2D eigenvalue weighted by Gasteiger charge is 2.28. The topological polar surface area (TPSA) is 35.5 Å². The number of hydrogen-bond donors (Lipinski definition) is 0. The minimum Gasteiger partial charge on any atom is -0.458 e. The van der Waals surface area contributed by atoms with Crippen LogP contribution in [0.15, 0.2) is 0 Å². The van der Waals surface area contributed by atoms with Crippen molar-refractivity contribution >= 4 is 5.97 Å². The molecule has 0 bridgehead atoms. The van der Waals surface area contributed by atoms with E-state index in [4.69, 9.17) is 9.47 Å². The molecule has 0 amide bonds. The number of esters is 1. The van der Waals surface area contributed by atoms with Crippen LogP contribution in [0.3, 0.4) is 0 Å². The third-order valence-corrected chi connectivity index (χ3v) is 1.60. The first-order valence-corrected chi connectivity index (χ1v) is 4.33. The van der Waals surface area contributed by atoms with Crippen molar-refractivity contribution < 1.29 is 14.3 Å². The summed E-state index contributed by atoms with van der Waals surface area (Å²) in [5.41, 5.74) is -0.400. The maximum atomic E-state index is 11.3. The Kier molecular flexibility index (Phi) is 2.73. The van der Waals surface area contributed by atoms with Gasteiger partial charge in [0.15, 0.2) is 6.10 Å². The molecule has 3 heteroatoms. The first-order valence-electron chi connectivity index (χ1n) is 4.33. The first-order chi connectivity index (χ1) is 5.49. The lowest BCUT2D eigenvalue weighted by Crippen LogP contribution is -2.31. The normalized spacial score (nSPS) is 24.1. The minimum atomic E-state index is -0.400. The molecule has 0 aromatic heterocycles. The molecule has 70 valence electrons. The quantitative estimate of drug-likeness (QED) is 0.562. The van der Waals surface area contributed by atoms with E-state index < -0.39 is 5.60 Å². The lowest BCUT2D eigenvalue weighted by Gasteiger charge is -2.21. The molecule has 0 aromatic carbocycles. The van der Waals surface area contributed by atoms with Crippen LogP contribution in [-0.2, 0) is 14.3 Å². The van der Waals surface area contributed by atoms with E-state index >= 15 is 0 Å². The molecule has 12 heavy (non-hydrogen) atoms. The van der Waals surface area contributed by atoms with Gasteiger partial charge in [-0.25, -0.2) is 4.79 Å². The highest BCUT2D eigenvalue weighted by atomic mass is 16.6. The monoisotopic (exact) mass is 172 g/mol. The number of hydrogen-bond acceptors (Lipinski definition) is 3. The van der Waals surface area contributed by atoms with Crippen LogP contribution in [0, 0.1) is 0 Å². The fourth-order valence-corrected chi connectivity index (χ4v) is 1.13. The fraction of sp³-hybridized carbons (Fsp3) is 0.889. The van der Waals surface area contributed by atoms with E-state index in [1.54, 1.807) is 0 Å². The number of carbonyl (C=O) groups is 1. The Morgan fingerprint density at radius 3 is 2.58 bits per heavy atom. The average Bonchev–Trinajstić information content (AvgIpc) is 2.32. The van der Waals surface area contributed by atoms with Crippen LogP contribution in [0.2, 0.25) is 0 Å². The van der Waals surface area contributed by atoms with Gasteiger partial charge < -0.3 is 9.47 Å². The van der Waals surface area contributed by atoms with Gasteiger partial charge in [-0.3, -0.25) is 0 Å². The van der Waals surface area contributed by atoms with E-state index in [2.05, 4.69) is 0 Å². The van der Waals surface area contributed by atoms with Gasteiger partial charge >= 0.3 is 5.97 Å². The van der Waals surface area contributed by atoms with E-state index in [0.29, 0.717) is 6.61 Å². The van der Waals surface area contributed by atoms with Crippen molar-refractivity contribution in [2.45, 2.75) is 45.3 Å². The maximum Gasteiger partial charge on any atom is 0.335 e. The summed E-state index contributed by atoms with van der Waals surface area (Å²) < 4.78 is 10.3. The van der Waals surface area contributed by atoms with Gasteiger partial charge in [-0.1, -0.05) is 0 Å². The lowest BCUT2D eigenvalue weighted by atomic mass is 10.2. The Morgan fingerprint density at radius 1 is 1.50 bits per heavy atom. The van der Waals surface area contributed by atoms with Gasteiger partial charge in [0.1, 0.15) is 5.60 Å². The predicted molar refractivity (Wildman–Crippen MR) is 44.8 cm³/mol. The molecule has 0 unspecified atom stereocenters. The molecule has 1 aliphatic rings. The second-order valence-electron chi connectivity index (χ2n) is 4.04. The molecule has 1 fully saturated rings. The minimum absolute atomic E-state index is 0.222. The number of rotatable bonds is 1. The summed E-state index contributed by atoms with van der Waals surface area (Å²) in [7, 11) is 0. The zero-order chi connectivity index (χ0) is 9.19. The molecule has 1 aliphatic heterocycles. The van der Waals surface area contributed by atoms with Gasteiger partial charge in [0.25, 0.3) is 0 Å². The van der Waals surface area contributed by atoms with Gasteiger partial charge in [0.2, 0.25) is 0 Å². The first kappa shape index (κ1) is 9.52. The summed E-state index contributed by atoms with van der Waals surface area (Å²) in [4.78, 5) is 11.3. The second kappa shape index (κ2) is 3.44. The summed E-state index contributed by atoms with van der Waals surface area (Å²) in [5.74, 6) is -0.222. The molecule has 1 rings (SSSR count). The van der Waals surface area contributed by atoms with Crippen LogP contribution in [0.4, 0.5) is 0 Å². The Morgan fingerprint density at radius 2 is 2.17 bits per heavy atom. The van der Waals surface area contributed by atoms with Crippen molar-refractivity contribution in [3.8, 4) is 0 Å². The van der Waals surface area contributed by atoms with Crippen LogP contribution >= 0.6 is 0 Å². The zero-order valence-electron chi connectivity index (χ0n) is 7.92. The third kappa shape index (κ3) is 2.81. The molecule has 1 heterocycles. The Bertz CT molecular complexity index is 163. The van der Waals surface area contributed by atoms with Crippen molar-refractivity contribution in [2.24, 2.45) is 0 Å². The smallest absolute Gasteiger partial charge is 0.335 e. The van der Waals surface area contributed by atoms with Crippen molar-refractivity contribution in [3.63, 3.8) is 0 Å².